The molecule has 80 valence electrons. The van der Waals surface area contributed by atoms with Crippen LogP contribution in [0.2, 0.25) is 0 Å². The molecule has 2 amide bonds. The van der Waals surface area contributed by atoms with E-state index in [4.69, 9.17) is 0 Å². The summed E-state index contributed by atoms with van der Waals surface area (Å²) in [5, 5.41) is 2.82. The van der Waals surface area contributed by atoms with E-state index in [1.54, 1.807) is 0 Å². The van der Waals surface area contributed by atoms with Crippen molar-refractivity contribution in [3.8, 4) is 0 Å². The Kier molecular flexibility index (Phi) is 2.90. The highest BCUT2D eigenvalue weighted by Gasteiger charge is 2.22. The van der Waals surface area contributed by atoms with Crippen molar-refractivity contribution in [3.05, 3.63) is 29.8 Å². The first kappa shape index (κ1) is 10.0. The smallest absolute Gasteiger partial charge is 0.322 e. The van der Waals surface area contributed by atoms with Crippen LogP contribution in [0.5, 0.6) is 0 Å². The van der Waals surface area contributed by atoms with E-state index in [9.17, 15) is 4.79 Å². The fraction of sp³-hybridized carbons (Fsp3) is 0.417. The van der Waals surface area contributed by atoms with Crippen molar-refractivity contribution in [2.75, 3.05) is 18.0 Å². The fourth-order valence-corrected chi connectivity index (χ4v) is 1.96. The van der Waals surface area contributed by atoms with Gasteiger partial charge in [-0.3, -0.25) is 4.90 Å². The summed E-state index contributed by atoms with van der Waals surface area (Å²) in [6.45, 7) is 3.68. The van der Waals surface area contributed by atoms with E-state index in [0.717, 1.165) is 31.6 Å². The number of hydrogen-bond donors (Lipinski definition) is 1. The number of amides is 2. The molecule has 1 fully saturated rings. The van der Waals surface area contributed by atoms with Crippen LogP contribution in [0.3, 0.4) is 0 Å². The van der Waals surface area contributed by atoms with Crippen molar-refractivity contribution in [2.45, 2.75) is 19.8 Å². The van der Waals surface area contributed by atoms with Gasteiger partial charge in [-0.15, -0.1) is 0 Å². The van der Waals surface area contributed by atoms with Gasteiger partial charge in [-0.05, 0) is 18.1 Å². The van der Waals surface area contributed by atoms with E-state index in [0.29, 0.717) is 0 Å². The Balaban J connectivity index is 2.29. The first-order valence-electron chi connectivity index (χ1n) is 5.46. The van der Waals surface area contributed by atoms with E-state index in [1.807, 2.05) is 23.1 Å². The average molecular weight is 204 g/mol. The number of carbonyl (C=O) groups excluding carboxylic acids is 1. The van der Waals surface area contributed by atoms with Crippen LogP contribution in [0, 0.1) is 0 Å². The molecule has 3 heteroatoms. The van der Waals surface area contributed by atoms with Crippen LogP contribution in [-0.2, 0) is 6.42 Å². The van der Waals surface area contributed by atoms with Crippen molar-refractivity contribution in [1.29, 1.82) is 0 Å². The van der Waals surface area contributed by atoms with Gasteiger partial charge in [0, 0.05) is 18.8 Å². The molecule has 1 aliphatic rings. The Morgan fingerprint density at radius 3 is 2.87 bits per heavy atom. The van der Waals surface area contributed by atoms with Crippen LogP contribution >= 0.6 is 0 Å². The van der Waals surface area contributed by atoms with Gasteiger partial charge in [-0.25, -0.2) is 4.79 Å². The third-order valence-electron chi connectivity index (χ3n) is 2.66. The van der Waals surface area contributed by atoms with Gasteiger partial charge in [0.25, 0.3) is 0 Å². The molecular formula is C12H16N2O. The van der Waals surface area contributed by atoms with Crippen LogP contribution in [0.15, 0.2) is 24.3 Å². The molecule has 0 bridgehead atoms. The monoisotopic (exact) mass is 204 g/mol. The molecule has 0 spiro atoms. The Morgan fingerprint density at radius 2 is 2.20 bits per heavy atom. The maximum atomic E-state index is 11.5. The number of benzene rings is 1. The molecule has 0 radical (unpaired) electrons. The Morgan fingerprint density at radius 1 is 1.40 bits per heavy atom. The van der Waals surface area contributed by atoms with E-state index < -0.39 is 0 Å². The Hall–Kier alpha value is -1.51. The summed E-state index contributed by atoms with van der Waals surface area (Å²) in [4.78, 5) is 13.4. The molecule has 1 heterocycles. The summed E-state index contributed by atoms with van der Waals surface area (Å²) in [7, 11) is 0. The predicted octanol–water partition coefficient (Wildman–Crippen LogP) is 2.17. The lowest BCUT2D eigenvalue weighted by Crippen LogP contribution is -2.28. The van der Waals surface area contributed by atoms with E-state index in [1.165, 1.54) is 5.56 Å². The van der Waals surface area contributed by atoms with Gasteiger partial charge in [0.2, 0.25) is 0 Å². The van der Waals surface area contributed by atoms with Gasteiger partial charge < -0.3 is 5.32 Å². The van der Waals surface area contributed by atoms with Crippen LogP contribution in [0.1, 0.15) is 18.9 Å². The summed E-state index contributed by atoms with van der Waals surface area (Å²) in [5.74, 6) is 0. The highest BCUT2D eigenvalue weighted by Crippen LogP contribution is 2.22. The SMILES string of the molecule is CCCc1ccccc1N1CCNC1=O. The Labute approximate surface area is 90.1 Å². The molecule has 0 unspecified atom stereocenters. The highest BCUT2D eigenvalue weighted by atomic mass is 16.2. The molecule has 2 rings (SSSR count). The largest absolute Gasteiger partial charge is 0.336 e. The molecule has 1 N–H and O–H groups in total. The summed E-state index contributed by atoms with van der Waals surface area (Å²) in [6, 6.07) is 8.17. The first-order chi connectivity index (χ1) is 7.33. The van der Waals surface area contributed by atoms with Crippen molar-refractivity contribution in [2.24, 2.45) is 0 Å². The number of nitrogens with one attached hydrogen (secondary N) is 1. The molecule has 1 saturated heterocycles. The van der Waals surface area contributed by atoms with Gasteiger partial charge in [0.05, 0.1) is 0 Å². The number of hydrogen-bond acceptors (Lipinski definition) is 1. The molecule has 1 aromatic rings. The summed E-state index contributed by atoms with van der Waals surface area (Å²) in [6.07, 6.45) is 2.13. The second kappa shape index (κ2) is 4.34. The van der Waals surface area contributed by atoms with Crippen LogP contribution in [0.25, 0.3) is 0 Å². The van der Waals surface area contributed by atoms with E-state index >= 15 is 0 Å². The minimum absolute atomic E-state index is 0.0264. The number of rotatable bonds is 3. The quantitative estimate of drug-likeness (QED) is 0.804. The molecule has 0 aliphatic carbocycles. The van der Waals surface area contributed by atoms with Gasteiger partial charge in [0.15, 0.2) is 0 Å². The number of para-hydroxylation sites is 1. The maximum absolute atomic E-state index is 11.5. The summed E-state index contributed by atoms with van der Waals surface area (Å²) in [5.41, 5.74) is 2.33. The van der Waals surface area contributed by atoms with Crippen molar-refractivity contribution in [3.63, 3.8) is 0 Å². The molecule has 3 nitrogen and oxygen atoms in total. The molecule has 1 aliphatic heterocycles. The first-order valence-corrected chi connectivity index (χ1v) is 5.46. The fourth-order valence-electron chi connectivity index (χ4n) is 1.96. The lowest BCUT2D eigenvalue weighted by atomic mass is 10.1. The normalized spacial score (nSPS) is 15.5. The lowest BCUT2D eigenvalue weighted by molar-refractivity contribution is 0.252. The standard InChI is InChI=1S/C12H16N2O/c1-2-5-10-6-3-4-7-11(10)14-9-8-13-12(14)15/h3-4,6-7H,2,5,8-9H2,1H3,(H,13,15). The van der Waals surface area contributed by atoms with Gasteiger partial charge in [0.1, 0.15) is 0 Å². The van der Waals surface area contributed by atoms with Gasteiger partial charge in [-0.1, -0.05) is 31.5 Å². The molecule has 0 atom stereocenters. The van der Waals surface area contributed by atoms with Gasteiger partial charge >= 0.3 is 6.03 Å². The van der Waals surface area contributed by atoms with E-state index in [-0.39, 0.29) is 6.03 Å². The molecule has 1 aromatic carbocycles. The molecule has 15 heavy (non-hydrogen) atoms. The van der Waals surface area contributed by atoms with Gasteiger partial charge in [-0.2, -0.15) is 0 Å². The van der Waals surface area contributed by atoms with Crippen molar-refractivity contribution in [1.82, 2.24) is 5.32 Å². The second-order valence-electron chi connectivity index (χ2n) is 3.76. The van der Waals surface area contributed by atoms with Crippen molar-refractivity contribution >= 4 is 11.7 Å². The minimum Gasteiger partial charge on any atom is -0.336 e. The molecule has 0 aromatic heterocycles. The zero-order valence-electron chi connectivity index (χ0n) is 8.99. The zero-order chi connectivity index (χ0) is 10.7. The molecule has 0 saturated carbocycles. The lowest BCUT2D eigenvalue weighted by Gasteiger charge is -2.18. The Bertz CT molecular complexity index is 362. The summed E-state index contributed by atoms with van der Waals surface area (Å²) < 4.78 is 0. The average Bonchev–Trinajstić information content (AvgIpc) is 2.66. The topological polar surface area (TPSA) is 32.3 Å². The second-order valence-corrected chi connectivity index (χ2v) is 3.76. The zero-order valence-corrected chi connectivity index (χ0v) is 8.99. The maximum Gasteiger partial charge on any atom is 0.322 e. The van der Waals surface area contributed by atoms with Crippen LogP contribution < -0.4 is 10.2 Å². The third-order valence-corrected chi connectivity index (χ3v) is 2.66. The van der Waals surface area contributed by atoms with Crippen LogP contribution in [-0.4, -0.2) is 19.1 Å². The number of carbonyl (C=O) groups is 1. The highest BCUT2D eigenvalue weighted by molar-refractivity contribution is 5.94. The molecular weight excluding hydrogens is 188 g/mol. The third kappa shape index (κ3) is 1.96. The van der Waals surface area contributed by atoms with E-state index in [2.05, 4.69) is 18.3 Å². The predicted molar refractivity (Wildman–Crippen MR) is 61.2 cm³/mol. The number of nitrogens with zero attached hydrogens (tertiary/aromatic N) is 1. The van der Waals surface area contributed by atoms with Crippen LogP contribution in [0.4, 0.5) is 10.5 Å². The van der Waals surface area contributed by atoms with Crippen molar-refractivity contribution < 1.29 is 4.79 Å². The minimum atomic E-state index is 0.0264. The summed E-state index contributed by atoms with van der Waals surface area (Å²) >= 11 is 0. The number of aryl methyl sites for hydroxylation is 1. The number of urea groups is 1. The number of anilines is 1.